The van der Waals surface area contributed by atoms with E-state index in [2.05, 4.69) is 11.8 Å². The van der Waals surface area contributed by atoms with Gasteiger partial charge in [-0.1, -0.05) is 24.1 Å². The Labute approximate surface area is 87.9 Å². The van der Waals surface area contributed by atoms with Crippen molar-refractivity contribution in [3.05, 3.63) is 36.1 Å². The zero-order valence-corrected chi connectivity index (χ0v) is 8.41. The number of carbonyl (C=O) groups excluding carboxylic acids is 1. The fraction of sp³-hybridized carbons (Fsp3) is 0.154. The fourth-order valence-electron chi connectivity index (χ4n) is 1.38. The van der Waals surface area contributed by atoms with Crippen LogP contribution in [0.5, 0.6) is 0 Å². The number of hydrogen-bond acceptors (Lipinski definition) is 2. The lowest BCUT2D eigenvalue weighted by Crippen LogP contribution is -1.93. The average Bonchev–Trinajstić information content (AvgIpc) is 2.69. The van der Waals surface area contributed by atoms with Crippen molar-refractivity contribution < 1.29 is 9.21 Å². The van der Waals surface area contributed by atoms with Crippen molar-refractivity contribution in [3.8, 4) is 11.8 Å². The van der Waals surface area contributed by atoms with E-state index in [1.54, 1.807) is 13.0 Å². The molecule has 74 valence electrons. The van der Waals surface area contributed by atoms with Gasteiger partial charge in [0.25, 0.3) is 0 Å². The van der Waals surface area contributed by atoms with Crippen LogP contribution < -0.4 is 0 Å². The summed E-state index contributed by atoms with van der Waals surface area (Å²) in [5.41, 5.74) is 0.741. The minimum absolute atomic E-state index is 0.0689. The Kier molecular flexibility index (Phi) is 2.55. The molecule has 0 saturated heterocycles. The van der Waals surface area contributed by atoms with Gasteiger partial charge in [-0.25, -0.2) is 0 Å². The van der Waals surface area contributed by atoms with Crippen molar-refractivity contribution in [1.82, 2.24) is 0 Å². The van der Waals surface area contributed by atoms with Crippen LogP contribution in [0.4, 0.5) is 0 Å². The molecule has 0 aliphatic heterocycles. The third kappa shape index (κ3) is 1.92. The van der Waals surface area contributed by atoms with E-state index in [1.807, 2.05) is 24.3 Å². The number of fused-ring (bicyclic) bond motifs is 1. The normalized spacial score (nSPS) is 9.67. The zero-order chi connectivity index (χ0) is 10.7. The second-order valence-corrected chi connectivity index (χ2v) is 3.18. The number of Topliss-reactive ketones (excluding diaryl/α,β-unsaturated/α-hetero) is 1. The summed E-state index contributed by atoms with van der Waals surface area (Å²) in [5, 5.41) is 0.949. The molecule has 2 rings (SSSR count). The van der Waals surface area contributed by atoms with E-state index in [1.165, 1.54) is 0 Å². The molecule has 1 aromatic heterocycles. The predicted octanol–water partition coefficient (Wildman–Crippen LogP) is 3.03. The molecule has 2 heteroatoms. The van der Waals surface area contributed by atoms with E-state index < -0.39 is 0 Å². The molecule has 0 radical (unpaired) electrons. The van der Waals surface area contributed by atoms with Crippen LogP contribution in [-0.4, -0.2) is 5.78 Å². The molecule has 0 amide bonds. The summed E-state index contributed by atoms with van der Waals surface area (Å²) >= 11 is 0. The first-order valence-corrected chi connectivity index (χ1v) is 4.72. The van der Waals surface area contributed by atoms with Gasteiger partial charge >= 0.3 is 0 Å². The van der Waals surface area contributed by atoms with Crippen molar-refractivity contribution in [3.63, 3.8) is 0 Å². The van der Waals surface area contributed by atoms with Crippen LogP contribution in [0.1, 0.15) is 23.9 Å². The number of hydrogen-bond donors (Lipinski definition) is 0. The van der Waals surface area contributed by atoms with E-state index in [9.17, 15) is 4.79 Å². The molecule has 1 heterocycles. The maximum Gasteiger partial charge on any atom is 0.209 e. The van der Waals surface area contributed by atoms with Gasteiger partial charge in [-0.05, 0) is 19.1 Å². The molecule has 0 atom stereocenters. The number of carbonyl (C=O) groups is 1. The topological polar surface area (TPSA) is 30.2 Å². The van der Waals surface area contributed by atoms with E-state index in [0.717, 1.165) is 11.0 Å². The number of benzene rings is 1. The van der Waals surface area contributed by atoms with E-state index in [0.29, 0.717) is 5.76 Å². The standard InChI is InChI=1S/C13H10O2/c1-2-3-7-11(14)13-9-10-6-4-5-8-12(10)15-13/h4-6,8-9H,7H2,1H3. The Bertz CT molecular complexity index is 519. The Hall–Kier alpha value is -2.01. The number of para-hydroxylation sites is 1. The van der Waals surface area contributed by atoms with Gasteiger partial charge in [0.1, 0.15) is 5.58 Å². The summed E-state index contributed by atoms with van der Waals surface area (Å²) < 4.78 is 5.41. The molecule has 2 nitrogen and oxygen atoms in total. The third-order valence-corrected chi connectivity index (χ3v) is 2.13. The smallest absolute Gasteiger partial charge is 0.209 e. The van der Waals surface area contributed by atoms with Crippen LogP contribution in [0.3, 0.4) is 0 Å². The second kappa shape index (κ2) is 4.02. The van der Waals surface area contributed by atoms with E-state index >= 15 is 0 Å². The van der Waals surface area contributed by atoms with E-state index in [4.69, 9.17) is 4.42 Å². The van der Waals surface area contributed by atoms with Crippen molar-refractivity contribution in [2.75, 3.05) is 0 Å². The van der Waals surface area contributed by atoms with Gasteiger partial charge in [-0.2, -0.15) is 0 Å². The van der Waals surface area contributed by atoms with Gasteiger partial charge in [-0.3, -0.25) is 4.79 Å². The molecule has 0 aliphatic carbocycles. The Morgan fingerprint density at radius 1 is 1.40 bits per heavy atom. The average molecular weight is 198 g/mol. The first-order chi connectivity index (χ1) is 7.31. The summed E-state index contributed by atoms with van der Waals surface area (Å²) in [5.74, 6) is 5.74. The number of rotatable bonds is 2. The quantitative estimate of drug-likeness (QED) is 0.548. The van der Waals surface area contributed by atoms with Crippen molar-refractivity contribution in [2.24, 2.45) is 0 Å². The Morgan fingerprint density at radius 3 is 2.93 bits per heavy atom. The van der Waals surface area contributed by atoms with Gasteiger partial charge in [0, 0.05) is 5.39 Å². The summed E-state index contributed by atoms with van der Waals surface area (Å²) in [6.07, 6.45) is 0.219. The van der Waals surface area contributed by atoms with Crippen LogP contribution in [0.2, 0.25) is 0 Å². The predicted molar refractivity (Wildman–Crippen MR) is 58.6 cm³/mol. The molecule has 0 N–H and O–H groups in total. The van der Waals surface area contributed by atoms with Crippen LogP contribution in [0.15, 0.2) is 34.7 Å². The largest absolute Gasteiger partial charge is 0.453 e. The summed E-state index contributed by atoms with van der Waals surface area (Å²) in [6.45, 7) is 1.71. The minimum Gasteiger partial charge on any atom is -0.453 e. The molecule has 0 saturated carbocycles. The molecule has 2 aromatic rings. The van der Waals surface area contributed by atoms with Gasteiger partial charge in [-0.15, -0.1) is 5.92 Å². The van der Waals surface area contributed by atoms with Gasteiger partial charge in [0.15, 0.2) is 5.76 Å². The Morgan fingerprint density at radius 2 is 2.20 bits per heavy atom. The van der Waals surface area contributed by atoms with E-state index in [-0.39, 0.29) is 12.2 Å². The second-order valence-electron chi connectivity index (χ2n) is 3.18. The molecule has 0 unspecified atom stereocenters. The molecule has 0 spiro atoms. The monoisotopic (exact) mass is 198 g/mol. The van der Waals surface area contributed by atoms with Crippen molar-refractivity contribution >= 4 is 16.8 Å². The first kappa shape index (κ1) is 9.54. The van der Waals surface area contributed by atoms with Crippen LogP contribution in [-0.2, 0) is 0 Å². The molecular weight excluding hydrogens is 188 g/mol. The number of ketones is 1. The molecule has 15 heavy (non-hydrogen) atoms. The SMILES string of the molecule is CC#CCC(=O)c1cc2ccccc2o1. The first-order valence-electron chi connectivity index (χ1n) is 4.72. The summed E-state index contributed by atoms with van der Waals surface area (Å²) in [7, 11) is 0. The molecule has 1 aromatic carbocycles. The molecular formula is C13H10O2. The highest BCUT2D eigenvalue weighted by molar-refractivity contribution is 5.98. The van der Waals surface area contributed by atoms with Crippen LogP contribution in [0, 0.1) is 11.8 Å². The van der Waals surface area contributed by atoms with Gasteiger partial charge < -0.3 is 4.42 Å². The lowest BCUT2D eigenvalue weighted by atomic mass is 10.2. The fourth-order valence-corrected chi connectivity index (χ4v) is 1.38. The van der Waals surface area contributed by atoms with Crippen molar-refractivity contribution in [1.29, 1.82) is 0 Å². The van der Waals surface area contributed by atoms with Gasteiger partial charge in [0.2, 0.25) is 5.78 Å². The maximum absolute atomic E-state index is 11.6. The van der Waals surface area contributed by atoms with Crippen LogP contribution >= 0.6 is 0 Å². The minimum atomic E-state index is -0.0689. The lowest BCUT2D eigenvalue weighted by molar-refractivity contribution is 0.0974. The van der Waals surface area contributed by atoms with Crippen molar-refractivity contribution in [2.45, 2.75) is 13.3 Å². The Balaban J connectivity index is 2.35. The molecule has 0 bridgehead atoms. The van der Waals surface area contributed by atoms with Gasteiger partial charge in [0.05, 0.1) is 6.42 Å². The highest BCUT2D eigenvalue weighted by atomic mass is 16.3. The lowest BCUT2D eigenvalue weighted by Gasteiger charge is -1.87. The zero-order valence-electron chi connectivity index (χ0n) is 8.41. The third-order valence-electron chi connectivity index (χ3n) is 2.13. The summed E-state index contributed by atoms with van der Waals surface area (Å²) in [4.78, 5) is 11.6. The van der Waals surface area contributed by atoms with Crippen LogP contribution in [0.25, 0.3) is 11.0 Å². The number of furan rings is 1. The highest BCUT2D eigenvalue weighted by Gasteiger charge is 2.10. The highest BCUT2D eigenvalue weighted by Crippen LogP contribution is 2.19. The molecule has 0 fully saturated rings. The summed E-state index contributed by atoms with van der Waals surface area (Å²) in [6, 6.07) is 9.32. The maximum atomic E-state index is 11.6. The molecule has 0 aliphatic rings.